The Hall–Kier alpha value is -0.900. The van der Waals surface area contributed by atoms with Gasteiger partial charge in [-0.2, -0.15) is 0 Å². The third-order valence-corrected chi connectivity index (χ3v) is 4.98. The van der Waals surface area contributed by atoms with Crippen LogP contribution in [0.4, 0.5) is 0 Å². The summed E-state index contributed by atoms with van der Waals surface area (Å²) in [6.07, 6.45) is 8.42. The average Bonchev–Trinajstić information content (AvgIpc) is 2.81. The maximum atomic E-state index is 6.13. The molecule has 2 aromatic heterocycles. The van der Waals surface area contributed by atoms with Gasteiger partial charge in [-0.15, -0.1) is 11.3 Å². The molecule has 19 heavy (non-hydrogen) atoms. The third kappa shape index (κ3) is 3.16. The number of halogens is 1. The molecule has 100 valence electrons. The van der Waals surface area contributed by atoms with E-state index in [4.69, 9.17) is 11.6 Å². The number of aryl methyl sites for hydroxylation is 1. The first-order valence-corrected chi connectivity index (χ1v) is 7.93. The molecule has 4 heteroatoms. The number of fused-ring (bicyclic) bond motifs is 1. The number of nitrogens with zero attached hydrogens (tertiary/aromatic N) is 1. The van der Waals surface area contributed by atoms with Gasteiger partial charge in [0.1, 0.15) is 0 Å². The minimum Gasteiger partial charge on any atom is -0.310 e. The molecule has 2 aromatic rings. The Kier molecular flexibility index (Phi) is 4.16. The maximum Gasteiger partial charge on any atom is 0.0934 e. The van der Waals surface area contributed by atoms with E-state index in [1.54, 1.807) is 11.3 Å². The molecule has 0 aliphatic heterocycles. The lowest BCUT2D eigenvalue weighted by Gasteiger charge is -2.23. The second-order valence-electron chi connectivity index (χ2n) is 4.93. The summed E-state index contributed by atoms with van der Waals surface area (Å²) in [5, 5.41) is 3.67. The Morgan fingerprint density at radius 1 is 1.37 bits per heavy atom. The summed E-state index contributed by atoms with van der Waals surface area (Å²) in [5.74, 6) is 0. The molecule has 0 aromatic carbocycles. The Morgan fingerprint density at radius 3 is 3.05 bits per heavy atom. The van der Waals surface area contributed by atoms with Crippen molar-refractivity contribution in [2.24, 2.45) is 0 Å². The lowest BCUT2D eigenvalue weighted by Crippen LogP contribution is -2.26. The molecule has 0 saturated carbocycles. The van der Waals surface area contributed by atoms with Crippen LogP contribution in [0.5, 0.6) is 0 Å². The molecule has 1 atom stereocenters. The van der Waals surface area contributed by atoms with Gasteiger partial charge >= 0.3 is 0 Å². The quantitative estimate of drug-likeness (QED) is 0.921. The highest BCUT2D eigenvalue weighted by atomic mass is 35.5. The molecule has 0 spiro atoms. The van der Waals surface area contributed by atoms with Gasteiger partial charge in [-0.05, 0) is 61.6 Å². The summed E-state index contributed by atoms with van der Waals surface area (Å²) in [7, 11) is 0. The number of pyridine rings is 1. The van der Waals surface area contributed by atoms with Crippen LogP contribution in [0.2, 0.25) is 4.34 Å². The van der Waals surface area contributed by atoms with Crippen molar-refractivity contribution in [1.29, 1.82) is 0 Å². The fourth-order valence-electron chi connectivity index (χ4n) is 2.67. The molecule has 2 heterocycles. The summed E-state index contributed by atoms with van der Waals surface area (Å²) in [5.41, 5.74) is 2.76. The predicted octanol–water partition coefficient (Wildman–Crippen LogP) is 4.01. The molecule has 0 radical (unpaired) electrons. The highest BCUT2D eigenvalue weighted by molar-refractivity contribution is 7.16. The van der Waals surface area contributed by atoms with Crippen LogP contribution in [-0.4, -0.2) is 11.5 Å². The van der Waals surface area contributed by atoms with Gasteiger partial charge in [-0.3, -0.25) is 4.98 Å². The smallest absolute Gasteiger partial charge is 0.0934 e. The number of nitrogens with one attached hydrogen (secondary N) is 1. The zero-order valence-electron chi connectivity index (χ0n) is 10.7. The number of hydrogen-bond acceptors (Lipinski definition) is 3. The first-order chi connectivity index (χ1) is 9.33. The topological polar surface area (TPSA) is 24.9 Å². The molecule has 2 nitrogen and oxygen atoms in total. The van der Waals surface area contributed by atoms with Crippen LogP contribution >= 0.6 is 22.9 Å². The lowest BCUT2D eigenvalue weighted by atomic mass is 9.94. The molecule has 1 unspecified atom stereocenters. The molecular formula is C15H17ClN2S. The zero-order chi connectivity index (χ0) is 13.1. The number of hydrogen-bond donors (Lipinski definition) is 1. The first kappa shape index (κ1) is 13.1. The average molecular weight is 293 g/mol. The highest BCUT2D eigenvalue weighted by Crippen LogP contribution is 2.37. The fourth-order valence-corrected chi connectivity index (χ4v) is 4.06. The predicted molar refractivity (Wildman–Crippen MR) is 81.0 cm³/mol. The summed E-state index contributed by atoms with van der Waals surface area (Å²) < 4.78 is 0.924. The van der Waals surface area contributed by atoms with Crippen LogP contribution in [0.3, 0.4) is 0 Å². The van der Waals surface area contributed by atoms with Crippen LogP contribution in [0.1, 0.15) is 34.9 Å². The Morgan fingerprint density at radius 2 is 2.21 bits per heavy atom. The van der Waals surface area contributed by atoms with Gasteiger partial charge in [-0.1, -0.05) is 11.6 Å². The van der Waals surface area contributed by atoms with Crippen LogP contribution in [0, 0.1) is 0 Å². The van der Waals surface area contributed by atoms with Gasteiger partial charge in [0.25, 0.3) is 0 Å². The molecular weight excluding hydrogens is 276 g/mol. The SMILES string of the molecule is Clc1cc2c(s1)CCCC2NCCc1ccncc1. The van der Waals surface area contributed by atoms with Crippen molar-refractivity contribution < 1.29 is 0 Å². The van der Waals surface area contributed by atoms with Gasteiger partial charge in [0.2, 0.25) is 0 Å². The van der Waals surface area contributed by atoms with E-state index in [-0.39, 0.29) is 0 Å². The molecule has 1 N–H and O–H groups in total. The summed E-state index contributed by atoms with van der Waals surface area (Å²) in [6, 6.07) is 6.78. The van der Waals surface area contributed by atoms with E-state index >= 15 is 0 Å². The van der Waals surface area contributed by atoms with E-state index in [9.17, 15) is 0 Å². The van der Waals surface area contributed by atoms with Crippen molar-refractivity contribution in [3.05, 3.63) is 50.9 Å². The summed E-state index contributed by atoms with van der Waals surface area (Å²) >= 11 is 7.87. The first-order valence-electron chi connectivity index (χ1n) is 6.73. The molecule has 3 rings (SSSR count). The van der Waals surface area contributed by atoms with Crippen molar-refractivity contribution in [1.82, 2.24) is 10.3 Å². The van der Waals surface area contributed by atoms with Crippen molar-refractivity contribution in [3.8, 4) is 0 Å². The summed E-state index contributed by atoms with van der Waals surface area (Å²) in [4.78, 5) is 5.51. The minimum atomic E-state index is 0.481. The van der Waals surface area contributed by atoms with Crippen molar-refractivity contribution in [3.63, 3.8) is 0 Å². The van der Waals surface area contributed by atoms with E-state index in [0.717, 1.165) is 17.3 Å². The molecule has 1 aliphatic carbocycles. The normalized spacial score (nSPS) is 18.3. The van der Waals surface area contributed by atoms with E-state index in [1.165, 1.54) is 35.3 Å². The Labute approximate surface area is 122 Å². The number of aromatic nitrogens is 1. The van der Waals surface area contributed by atoms with Gasteiger partial charge < -0.3 is 5.32 Å². The maximum absolute atomic E-state index is 6.13. The van der Waals surface area contributed by atoms with E-state index in [0.29, 0.717) is 6.04 Å². The van der Waals surface area contributed by atoms with E-state index < -0.39 is 0 Å². The monoisotopic (exact) mass is 292 g/mol. The standard InChI is InChI=1S/C15H17ClN2S/c16-15-10-12-13(2-1-3-14(12)19-15)18-9-6-11-4-7-17-8-5-11/h4-5,7-8,10,13,18H,1-3,6,9H2. The Bertz CT molecular complexity index is 538. The zero-order valence-corrected chi connectivity index (χ0v) is 12.3. The van der Waals surface area contributed by atoms with Crippen LogP contribution < -0.4 is 5.32 Å². The molecule has 1 aliphatic rings. The summed E-state index contributed by atoms with van der Waals surface area (Å²) in [6.45, 7) is 1.00. The second kappa shape index (κ2) is 6.04. The van der Waals surface area contributed by atoms with Crippen molar-refractivity contribution >= 4 is 22.9 Å². The van der Waals surface area contributed by atoms with Crippen LogP contribution in [0.25, 0.3) is 0 Å². The fraction of sp³-hybridized carbons (Fsp3) is 0.400. The Balaban J connectivity index is 1.59. The van der Waals surface area contributed by atoms with E-state index in [2.05, 4.69) is 28.5 Å². The molecule has 0 bridgehead atoms. The molecule has 0 saturated heterocycles. The molecule has 0 amide bonds. The number of rotatable bonds is 4. The van der Waals surface area contributed by atoms with Crippen LogP contribution in [0.15, 0.2) is 30.6 Å². The van der Waals surface area contributed by atoms with Crippen molar-refractivity contribution in [2.75, 3.05) is 6.54 Å². The highest BCUT2D eigenvalue weighted by Gasteiger charge is 2.21. The molecule has 0 fully saturated rings. The van der Waals surface area contributed by atoms with E-state index in [1.807, 2.05) is 12.4 Å². The van der Waals surface area contributed by atoms with Gasteiger partial charge in [0.15, 0.2) is 0 Å². The van der Waals surface area contributed by atoms with Gasteiger partial charge in [0, 0.05) is 23.3 Å². The second-order valence-corrected chi connectivity index (χ2v) is 6.70. The number of thiophene rings is 1. The van der Waals surface area contributed by atoms with Gasteiger partial charge in [0.05, 0.1) is 4.34 Å². The van der Waals surface area contributed by atoms with Crippen molar-refractivity contribution in [2.45, 2.75) is 31.7 Å². The van der Waals surface area contributed by atoms with Crippen LogP contribution in [-0.2, 0) is 12.8 Å². The largest absolute Gasteiger partial charge is 0.310 e. The minimum absolute atomic E-state index is 0.481. The third-order valence-electron chi connectivity index (χ3n) is 3.64. The van der Waals surface area contributed by atoms with Gasteiger partial charge in [-0.25, -0.2) is 0 Å². The lowest BCUT2D eigenvalue weighted by molar-refractivity contribution is 0.467.